The number of hydrazone groups is 1. The Morgan fingerprint density at radius 2 is 1.89 bits per heavy atom. The van der Waals surface area contributed by atoms with Crippen LogP contribution < -0.4 is 9.73 Å². The van der Waals surface area contributed by atoms with Crippen molar-refractivity contribution in [3.63, 3.8) is 0 Å². The number of hydrogen-bond acceptors (Lipinski definition) is 4. The Labute approximate surface area is 219 Å². The minimum atomic E-state index is -4.80. The molecule has 3 rings (SSSR count). The summed E-state index contributed by atoms with van der Waals surface area (Å²) in [5.74, 6) is -0.846. The normalized spacial score (nSPS) is 12.2. The van der Waals surface area contributed by atoms with E-state index in [1.54, 1.807) is 0 Å². The molecule has 192 valence electrons. The number of benzene rings is 2. The van der Waals surface area contributed by atoms with Crippen molar-refractivity contribution in [3.8, 4) is 5.69 Å². The maximum atomic E-state index is 13.2. The molecular weight excluding hydrogens is 585 g/mol. The van der Waals surface area contributed by atoms with Crippen molar-refractivity contribution < 1.29 is 26.4 Å². The van der Waals surface area contributed by atoms with Crippen molar-refractivity contribution in [2.24, 2.45) is 5.10 Å². The number of amides is 1. The van der Waals surface area contributed by atoms with Crippen LogP contribution >= 0.6 is 27.5 Å². The van der Waals surface area contributed by atoms with Gasteiger partial charge >= 0.3 is 6.18 Å². The zero-order valence-corrected chi connectivity index (χ0v) is 22.4. The second kappa shape index (κ2) is 10.7. The molecule has 1 heterocycles. The number of aromatic nitrogens is 1. The molecule has 0 bridgehead atoms. The van der Waals surface area contributed by atoms with Crippen LogP contribution in [-0.4, -0.2) is 37.9 Å². The lowest BCUT2D eigenvalue weighted by Gasteiger charge is -2.22. The fourth-order valence-corrected chi connectivity index (χ4v) is 5.02. The Kier molecular flexibility index (Phi) is 8.21. The zero-order valence-electron chi connectivity index (χ0n) is 19.3. The first-order valence-electron chi connectivity index (χ1n) is 10.3. The molecule has 0 unspecified atom stereocenters. The molecule has 0 spiro atoms. The van der Waals surface area contributed by atoms with Crippen molar-refractivity contribution in [2.75, 3.05) is 17.1 Å². The van der Waals surface area contributed by atoms with Gasteiger partial charge in [-0.15, -0.1) is 0 Å². The summed E-state index contributed by atoms with van der Waals surface area (Å²) >= 11 is 9.06. The number of sulfonamides is 1. The van der Waals surface area contributed by atoms with E-state index >= 15 is 0 Å². The minimum Gasteiger partial charge on any atom is -0.318 e. The number of nitrogens with zero attached hydrogens (tertiary/aromatic N) is 3. The highest BCUT2D eigenvalue weighted by molar-refractivity contribution is 9.10. The van der Waals surface area contributed by atoms with Crippen LogP contribution in [0.2, 0.25) is 5.02 Å². The molecule has 2 aromatic carbocycles. The number of carbonyl (C=O) groups excluding carboxylic acids is 1. The van der Waals surface area contributed by atoms with Gasteiger partial charge in [-0.05, 0) is 56.3 Å². The molecule has 7 nitrogen and oxygen atoms in total. The number of nitrogens with one attached hydrogen (secondary N) is 1. The predicted octanol–water partition coefficient (Wildman–Crippen LogP) is 5.45. The maximum Gasteiger partial charge on any atom is 0.417 e. The smallest absolute Gasteiger partial charge is 0.318 e. The third-order valence-electron chi connectivity index (χ3n) is 5.16. The molecule has 1 aromatic heterocycles. The van der Waals surface area contributed by atoms with E-state index in [0.717, 1.165) is 39.9 Å². The van der Waals surface area contributed by atoms with Gasteiger partial charge in [0.05, 0.1) is 28.7 Å². The summed E-state index contributed by atoms with van der Waals surface area (Å²) in [5.41, 5.74) is 4.06. The van der Waals surface area contributed by atoms with E-state index in [9.17, 15) is 26.4 Å². The Morgan fingerprint density at radius 3 is 2.50 bits per heavy atom. The molecule has 0 saturated heterocycles. The average molecular weight is 606 g/mol. The Hall–Kier alpha value is -2.83. The Bertz CT molecular complexity index is 1440. The van der Waals surface area contributed by atoms with Crippen LogP contribution in [0.5, 0.6) is 0 Å². The summed E-state index contributed by atoms with van der Waals surface area (Å²) in [4.78, 5) is 12.4. The number of alkyl halides is 3. The van der Waals surface area contributed by atoms with Crippen molar-refractivity contribution in [1.82, 2.24) is 9.99 Å². The molecule has 0 atom stereocenters. The van der Waals surface area contributed by atoms with Crippen molar-refractivity contribution in [2.45, 2.75) is 20.0 Å². The second-order valence-corrected chi connectivity index (χ2v) is 11.1. The number of halogens is 5. The molecule has 1 amide bonds. The molecule has 0 aliphatic heterocycles. The lowest BCUT2D eigenvalue weighted by atomic mass is 10.2. The highest BCUT2D eigenvalue weighted by Gasteiger charge is 2.34. The molecular formula is C23H21BrClF3N4O3S. The first kappa shape index (κ1) is 27.8. The highest BCUT2D eigenvalue weighted by atomic mass is 79.9. The number of rotatable bonds is 7. The van der Waals surface area contributed by atoms with Crippen LogP contribution in [0.25, 0.3) is 5.69 Å². The fourth-order valence-electron chi connectivity index (χ4n) is 3.56. The SMILES string of the molecule is Cc1cc(/C=N/NC(=O)CN(c2ccc(Cl)c(C(F)(F)F)c2)S(C)(=O)=O)c(C)n1-c1cccc(Br)c1. The highest BCUT2D eigenvalue weighted by Crippen LogP contribution is 2.37. The summed E-state index contributed by atoms with van der Waals surface area (Å²) in [5, 5.41) is 3.31. The van der Waals surface area contributed by atoms with Gasteiger partial charge < -0.3 is 4.57 Å². The van der Waals surface area contributed by atoms with Crippen LogP contribution in [-0.2, 0) is 21.0 Å². The first-order chi connectivity index (χ1) is 16.7. The molecule has 3 aromatic rings. The van der Waals surface area contributed by atoms with E-state index in [1.165, 1.54) is 6.21 Å². The van der Waals surface area contributed by atoms with Crippen LogP contribution in [0.4, 0.5) is 18.9 Å². The quantitative estimate of drug-likeness (QED) is 0.287. The summed E-state index contributed by atoms with van der Waals surface area (Å²) in [6.45, 7) is 3.00. The lowest BCUT2D eigenvalue weighted by molar-refractivity contribution is -0.137. The molecule has 36 heavy (non-hydrogen) atoms. The molecule has 1 N–H and O–H groups in total. The van der Waals surface area contributed by atoms with Crippen LogP contribution in [0, 0.1) is 13.8 Å². The molecule has 0 aliphatic rings. The van der Waals surface area contributed by atoms with Crippen molar-refractivity contribution in [3.05, 3.63) is 80.5 Å². The van der Waals surface area contributed by atoms with E-state index in [1.807, 2.05) is 48.7 Å². The van der Waals surface area contributed by atoms with Gasteiger partial charge in [0.25, 0.3) is 5.91 Å². The third kappa shape index (κ3) is 6.48. The lowest BCUT2D eigenvalue weighted by Crippen LogP contribution is -2.39. The van der Waals surface area contributed by atoms with Crippen LogP contribution in [0.1, 0.15) is 22.5 Å². The van der Waals surface area contributed by atoms with Gasteiger partial charge in [0.1, 0.15) is 6.54 Å². The Balaban J connectivity index is 1.79. The van der Waals surface area contributed by atoms with Gasteiger partial charge in [-0.1, -0.05) is 33.6 Å². The standard InChI is InChI=1S/C23H21BrClF3N4O3S/c1-14-9-16(15(2)32(14)19-6-4-5-17(24)10-19)12-29-30-22(33)13-31(36(3,34)35)18-7-8-21(25)20(11-18)23(26,27)28/h4-12H,13H2,1-3H3,(H,30,33)/b29-12+. The van der Waals surface area contributed by atoms with Gasteiger partial charge in [-0.2, -0.15) is 18.3 Å². The average Bonchev–Trinajstić information content (AvgIpc) is 3.04. The fraction of sp³-hybridized carbons (Fsp3) is 0.217. The number of aryl methyl sites for hydroxylation is 1. The Morgan fingerprint density at radius 1 is 1.19 bits per heavy atom. The number of anilines is 1. The van der Waals surface area contributed by atoms with E-state index in [0.29, 0.717) is 15.9 Å². The van der Waals surface area contributed by atoms with Gasteiger partial charge in [0, 0.05) is 27.1 Å². The van der Waals surface area contributed by atoms with Crippen LogP contribution in [0.3, 0.4) is 0 Å². The van der Waals surface area contributed by atoms with E-state index in [-0.39, 0.29) is 5.69 Å². The van der Waals surface area contributed by atoms with Gasteiger partial charge in [0.2, 0.25) is 10.0 Å². The number of hydrogen-bond donors (Lipinski definition) is 1. The summed E-state index contributed by atoms with van der Waals surface area (Å²) in [6.07, 6.45) is -2.61. The van der Waals surface area contributed by atoms with E-state index in [4.69, 9.17) is 11.6 Å². The predicted molar refractivity (Wildman–Crippen MR) is 137 cm³/mol. The zero-order chi connectivity index (χ0) is 26.8. The maximum absolute atomic E-state index is 13.2. The monoisotopic (exact) mass is 604 g/mol. The summed E-state index contributed by atoms with van der Waals surface area (Å²) in [7, 11) is -4.11. The molecule has 0 saturated carbocycles. The second-order valence-electron chi connectivity index (χ2n) is 7.87. The van der Waals surface area contributed by atoms with E-state index in [2.05, 4.69) is 26.5 Å². The third-order valence-corrected chi connectivity index (χ3v) is 7.12. The topological polar surface area (TPSA) is 83.8 Å². The largest absolute Gasteiger partial charge is 0.417 e. The minimum absolute atomic E-state index is 0.356. The van der Waals surface area contributed by atoms with Gasteiger partial charge in [-0.25, -0.2) is 13.8 Å². The van der Waals surface area contributed by atoms with Crippen molar-refractivity contribution >= 4 is 55.4 Å². The van der Waals surface area contributed by atoms with Gasteiger partial charge in [-0.3, -0.25) is 9.10 Å². The molecule has 0 radical (unpaired) electrons. The summed E-state index contributed by atoms with van der Waals surface area (Å²) < 4.78 is 67.6. The number of carbonyl (C=O) groups is 1. The summed E-state index contributed by atoms with van der Waals surface area (Å²) in [6, 6.07) is 12.2. The van der Waals surface area contributed by atoms with Crippen molar-refractivity contribution in [1.29, 1.82) is 0 Å². The molecule has 13 heteroatoms. The first-order valence-corrected chi connectivity index (χ1v) is 13.3. The van der Waals surface area contributed by atoms with Crippen LogP contribution in [0.15, 0.2) is 58.1 Å². The van der Waals surface area contributed by atoms with E-state index < -0.39 is 39.2 Å². The molecule has 0 fully saturated rings. The van der Waals surface area contributed by atoms with Gasteiger partial charge in [0.15, 0.2) is 0 Å². The molecule has 0 aliphatic carbocycles.